The zero-order chi connectivity index (χ0) is 6.27. The molecule has 0 saturated carbocycles. The average molecular weight is 119 g/mol. The Balaban J connectivity index is 2.56. The van der Waals surface area contributed by atoms with E-state index in [-0.39, 0.29) is 0 Å². The van der Waals surface area contributed by atoms with E-state index in [0.717, 1.165) is 24.4 Å². The summed E-state index contributed by atoms with van der Waals surface area (Å²) in [5, 5.41) is 7.15. The van der Waals surface area contributed by atoms with Crippen LogP contribution >= 0.6 is 0 Å². The number of aromatic nitrogens is 2. The molecule has 1 aliphatic heterocycles. The van der Waals surface area contributed by atoms with Crippen LogP contribution in [0.2, 0.25) is 0 Å². The first-order valence-electron chi connectivity index (χ1n) is 2.93. The molecule has 4 heteroatoms. The van der Waals surface area contributed by atoms with Crippen molar-refractivity contribution in [2.45, 2.75) is 6.54 Å². The highest BCUT2D eigenvalue weighted by Crippen LogP contribution is 2.06. The molecule has 1 N–H and O–H groups in total. The second kappa shape index (κ2) is 1.53. The van der Waals surface area contributed by atoms with Gasteiger partial charge in [0.25, 0.3) is 0 Å². The van der Waals surface area contributed by atoms with Crippen LogP contribution in [0, 0.1) is 0 Å². The molecule has 0 unspecified atom stereocenters. The zero-order valence-electron chi connectivity index (χ0n) is 4.96. The first-order valence-corrected chi connectivity index (χ1v) is 2.93. The molecule has 3 nitrogen and oxygen atoms in total. The van der Waals surface area contributed by atoms with Gasteiger partial charge in [-0.05, 0) is 5.46 Å². The minimum atomic E-state index is 0.743. The van der Waals surface area contributed by atoms with Crippen LogP contribution in [-0.4, -0.2) is 24.2 Å². The Labute approximate surface area is 54.5 Å². The van der Waals surface area contributed by atoms with Crippen molar-refractivity contribution in [1.29, 1.82) is 0 Å². The van der Waals surface area contributed by atoms with E-state index in [0.29, 0.717) is 0 Å². The smallest absolute Gasteiger partial charge is 0.121 e. The van der Waals surface area contributed by atoms with Crippen molar-refractivity contribution in [3.8, 4) is 0 Å². The summed E-state index contributed by atoms with van der Waals surface area (Å²) in [7, 11) is 5.55. The summed E-state index contributed by atoms with van der Waals surface area (Å²) in [4.78, 5) is 0. The second-order valence-electron chi connectivity index (χ2n) is 2.10. The van der Waals surface area contributed by atoms with E-state index in [4.69, 9.17) is 7.85 Å². The summed E-state index contributed by atoms with van der Waals surface area (Å²) in [6, 6.07) is 0. The van der Waals surface area contributed by atoms with E-state index in [1.165, 1.54) is 0 Å². The van der Waals surface area contributed by atoms with Gasteiger partial charge in [-0.15, -0.1) is 0 Å². The standard InChI is InChI=1S/C5H6BN3/c6-4-3-8-9-2-1-7-5(4)9/h3,7H,1-2H2. The Bertz CT molecular complexity index is 230. The first kappa shape index (κ1) is 4.91. The maximum atomic E-state index is 5.55. The molecule has 2 heterocycles. The molecule has 1 aromatic heterocycles. The van der Waals surface area contributed by atoms with Crippen molar-refractivity contribution in [2.24, 2.45) is 0 Å². The zero-order valence-corrected chi connectivity index (χ0v) is 4.96. The van der Waals surface area contributed by atoms with E-state index in [9.17, 15) is 0 Å². The van der Waals surface area contributed by atoms with Crippen molar-refractivity contribution in [3.05, 3.63) is 6.20 Å². The van der Waals surface area contributed by atoms with Gasteiger partial charge >= 0.3 is 0 Å². The van der Waals surface area contributed by atoms with Crippen molar-refractivity contribution in [1.82, 2.24) is 9.78 Å². The van der Waals surface area contributed by atoms with E-state index >= 15 is 0 Å². The molecule has 2 rings (SSSR count). The topological polar surface area (TPSA) is 29.9 Å². The van der Waals surface area contributed by atoms with Gasteiger partial charge in [0.2, 0.25) is 0 Å². The SMILES string of the molecule is [B]c1cnn2c1NCC2. The normalized spacial score (nSPS) is 15.1. The molecule has 0 aliphatic carbocycles. The number of fused-ring (bicyclic) bond motifs is 1. The largest absolute Gasteiger partial charge is 0.369 e. The van der Waals surface area contributed by atoms with Gasteiger partial charge in [0.15, 0.2) is 0 Å². The van der Waals surface area contributed by atoms with Gasteiger partial charge < -0.3 is 5.32 Å². The summed E-state index contributed by atoms with van der Waals surface area (Å²) >= 11 is 0. The quantitative estimate of drug-likeness (QED) is 0.448. The average Bonchev–Trinajstić information content (AvgIpc) is 2.35. The first-order chi connectivity index (χ1) is 4.38. The molecule has 0 fully saturated rings. The number of anilines is 1. The van der Waals surface area contributed by atoms with Crippen molar-refractivity contribution in [3.63, 3.8) is 0 Å². The molecule has 0 bridgehead atoms. The van der Waals surface area contributed by atoms with Gasteiger partial charge in [-0.2, -0.15) is 5.10 Å². The van der Waals surface area contributed by atoms with Crippen molar-refractivity contribution in [2.75, 3.05) is 11.9 Å². The fraction of sp³-hybridized carbons (Fsp3) is 0.400. The lowest BCUT2D eigenvalue weighted by atomic mass is 10.0. The molecular formula is C5H6BN3. The Kier molecular flexibility index (Phi) is 0.833. The summed E-state index contributed by atoms with van der Waals surface area (Å²) < 4.78 is 1.87. The molecule has 9 heavy (non-hydrogen) atoms. The third kappa shape index (κ3) is 0.558. The highest BCUT2D eigenvalue weighted by molar-refractivity contribution is 6.35. The number of hydrogen-bond donors (Lipinski definition) is 1. The molecule has 0 amide bonds. The van der Waals surface area contributed by atoms with Crippen LogP contribution < -0.4 is 10.8 Å². The maximum absolute atomic E-state index is 5.55. The van der Waals surface area contributed by atoms with Gasteiger partial charge in [-0.3, -0.25) is 0 Å². The van der Waals surface area contributed by atoms with Gasteiger partial charge in [0.1, 0.15) is 13.7 Å². The molecule has 1 aliphatic rings. The Hall–Kier alpha value is -0.925. The fourth-order valence-electron chi connectivity index (χ4n) is 1.04. The number of hydrogen-bond acceptors (Lipinski definition) is 2. The Morgan fingerprint density at radius 3 is 3.44 bits per heavy atom. The van der Waals surface area contributed by atoms with Gasteiger partial charge in [0, 0.05) is 12.7 Å². The molecular weight excluding hydrogens is 113 g/mol. The van der Waals surface area contributed by atoms with Crippen molar-refractivity contribution >= 4 is 19.1 Å². The van der Waals surface area contributed by atoms with Gasteiger partial charge in [0.05, 0.1) is 6.54 Å². The number of rotatable bonds is 0. The van der Waals surface area contributed by atoms with E-state index < -0.39 is 0 Å². The van der Waals surface area contributed by atoms with Gasteiger partial charge in [-0.25, -0.2) is 4.68 Å². The van der Waals surface area contributed by atoms with Gasteiger partial charge in [-0.1, -0.05) is 0 Å². The third-order valence-corrected chi connectivity index (χ3v) is 1.48. The number of nitrogens with one attached hydrogen (secondary N) is 1. The minimum absolute atomic E-state index is 0.743. The second-order valence-corrected chi connectivity index (χ2v) is 2.10. The minimum Gasteiger partial charge on any atom is -0.369 e. The lowest BCUT2D eigenvalue weighted by molar-refractivity contribution is 0.696. The predicted molar refractivity (Wildman–Crippen MR) is 36.1 cm³/mol. The van der Waals surface area contributed by atoms with Crippen LogP contribution in [0.15, 0.2) is 6.20 Å². The molecule has 0 aromatic carbocycles. The van der Waals surface area contributed by atoms with E-state index in [1.54, 1.807) is 6.20 Å². The lowest BCUT2D eigenvalue weighted by Gasteiger charge is -1.92. The molecule has 0 atom stereocenters. The fourth-order valence-corrected chi connectivity index (χ4v) is 1.04. The highest BCUT2D eigenvalue weighted by Gasteiger charge is 2.10. The van der Waals surface area contributed by atoms with Crippen LogP contribution in [0.3, 0.4) is 0 Å². The van der Waals surface area contributed by atoms with Crippen LogP contribution in [-0.2, 0) is 6.54 Å². The van der Waals surface area contributed by atoms with E-state index in [1.807, 2.05) is 4.68 Å². The predicted octanol–water partition coefficient (Wildman–Crippen LogP) is -0.898. The van der Waals surface area contributed by atoms with E-state index in [2.05, 4.69) is 10.4 Å². The van der Waals surface area contributed by atoms with Crippen LogP contribution in [0.4, 0.5) is 5.82 Å². The highest BCUT2D eigenvalue weighted by atomic mass is 15.4. The molecule has 1 aromatic rings. The summed E-state index contributed by atoms with van der Waals surface area (Å²) in [5.74, 6) is 0.968. The summed E-state index contributed by atoms with van der Waals surface area (Å²) in [5.41, 5.74) is 0.743. The Morgan fingerprint density at radius 2 is 2.67 bits per heavy atom. The third-order valence-electron chi connectivity index (χ3n) is 1.48. The van der Waals surface area contributed by atoms with Crippen LogP contribution in [0.5, 0.6) is 0 Å². The van der Waals surface area contributed by atoms with Crippen LogP contribution in [0.1, 0.15) is 0 Å². The Morgan fingerprint density at radius 1 is 1.78 bits per heavy atom. The van der Waals surface area contributed by atoms with Crippen LogP contribution in [0.25, 0.3) is 0 Å². The summed E-state index contributed by atoms with van der Waals surface area (Å²) in [6.07, 6.45) is 1.67. The lowest BCUT2D eigenvalue weighted by Crippen LogP contribution is -2.05. The molecule has 2 radical (unpaired) electrons. The maximum Gasteiger partial charge on any atom is 0.121 e. The molecule has 0 saturated heterocycles. The molecule has 44 valence electrons. The molecule has 0 spiro atoms. The monoisotopic (exact) mass is 119 g/mol. The summed E-state index contributed by atoms with van der Waals surface area (Å²) in [6.45, 7) is 1.89. The van der Waals surface area contributed by atoms with Crippen molar-refractivity contribution < 1.29 is 0 Å². The number of nitrogens with zero attached hydrogens (tertiary/aromatic N) is 2.